The number of amides is 3. The number of nitrogens with one attached hydrogen (secondary N) is 6. The number of fused-ring (bicyclic) bond motifs is 1. The number of anilines is 1. The van der Waals surface area contributed by atoms with Crippen LogP contribution in [0.15, 0.2) is 434 Å². The summed E-state index contributed by atoms with van der Waals surface area (Å²) in [5.41, 5.74) is 4.04. The van der Waals surface area contributed by atoms with Gasteiger partial charge in [-0.25, -0.2) is 17.9 Å². The third kappa shape index (κ3) is 25.9. The number of aromatic nitrogens is 2. The number of aryl methyl sites for hydroxylation is 1. The molecule has 1 fully saturated rings. The van der Waals surface area contributed by atoms with E-state index in [0.717, 1.165) is 22.3 Å². The Morgan fingerprint density at radius 2 is 0.718 bits per heavy atom. The second-order valence-corrected chi connectivity index (χ2v) is 40.0. The fourth-order valence-corrected chi connectivity index (χ4v) is 24.8. The number of carboxylic acid groups (broad SMARTS) is 1. The molecule has 626 valence electrons. The summed E-state index contributed by atoms with van der Waals surface area (Å²) in [4.78, 5) is 50.0. The van der Waals surface area contributed by atoms with E-state index in [-0.39, 0.29) is 55.0 Å². The van der Waals surface area contributed by atoms with Gasteiger partial charge in [0.05, 0.1) is 15.8 Å². The minimum atomic E-state index is -3.57. The van der Waals surface area contributed by atoms with Crippen LogP contribution in [0.1, 0.15) is 36.8 Å². The molecule has 3 amide bonds. The molecule has 1 aliphatic carbocycles. The van der Waals surface area contributed by atoms with Gasteiger partial charge in [-0.05, 0) is 193 Å². The molecule has 16 aromatic rings. The Morgan fingerprint density at radius 3 is 1.01 bits per heavy atom. The van der Waals surface area contributed by atoms with Gasteiger partial charge in [-0.1, -0.05) is 394 Å². The summed E-state index contributed by atoms with van der Waals surface area (Å²) in [5, 5.41) is 39.6. The summed E-state index contributed by atoms with van der Waals surface area (Å²) < 4.78 is 26.7. The fraction of sp³-hybridized carbons (Fsp3) is 0.105. The van der Waals surface area contributed by atoms with Gasteiger partial charge in [-0.2, -0.15) is 0 Å². The zero-order chi connectivity index (χ0) is 85.4. The monoisotopic (exact) mass is 1820 g/mol. The zero-order valence-electron chi connectivity index (χ0n) is 68.8. The van der Waals surface area contributed by atoms with Crippen molar-refractivity contribution in [3.05, 3.63) is 446 Å². The summed E-state index contributed by atoms with van der Waals surface area (Å²) in [7, 11) is -3.99. The van der Waals surface area contributed by atoms with E-state index in [1.54, 1.807) is 36.4 Å². The van der Waals surface area contributed by atoms with Crippen molar-refractivity contribution in [3.8, 4) is 11.1 Å². The number of hydrogen-bond acceptors (Lipinski definition) is 6. The molecule has 1 aliphatic rings. The van der Waals surface area contributed by atoms with Gasteiger partial charge in [0.1, 0.15) is 6.04 Å². The van der Waals surface area contributed by atoms with Crippen molar-refractivity contribution in [2.45, 2.75) is 50.0 Å². The molecule has 13 nitrogen and oxygen atoms in total. The van der Waals surface area contributed by atoms with Crippen LogP contribution in [-0.4, -0.2) is 61.3 Å². The molecule has 1 heterocycles. The Bertz CT molecular complexity index is 5270. The molecule has 1 saturated carbocycles. The first-order valence-corrected chi connectivity index (χ1v) is 47.8. The molecule has 7 N–H and O–H groups in total. The second-order valence-electron chi connectivity index (χ2n) is 29.2. The first kappa shape index (κ1) is 91.3. The normalized spacial score (nSPS) is 13.0. The Morgan fingerprint density at radius 1 is 0.403 bits per heavy atom. The zero-order valence-corrected chi connectivity index (χ0v) is 74.7. The molecule has 0 aliphatic heterocycles. The predicted octanol–water partition coefficient (Wildman–Crippen LogP) is 17.3. The van der Waals surface area contributed by atoms with Crippen LogP contribution >= 0.6 is 31.7 Å². The van der Waals surface area contributed by atoms with E-state index in [1.807, 2.05) is 31.2 Å². The van der Waals surface area contributed by atoms with Crippen molar-refractivity contribution in [1.82, 2.24) is 25.6 Å². The van der Waals surface area contributed by atoms with E-state index in [2.05, 4.69) is 395 Å². The number of H-pyrrole nitrogens is 2. The summed E-state index contributed by atoms with van der Waals surface area (Å²) in [5.74, 6) is -0.789. The molecule has 0 unspecified atom stereocenters. The molecule has 0 radical (unpaired) electrons. The minimum Gasteiger partial charge on any atom is -0.465 e. The minimum absolute atomic E-state index is 0. The summed E-state index contributed by atoms with van der Waals surface area (Å²) >= 11 is 0. The molecular weight excluding hydrogens is 1720 g/mol. The second kappa shape index (κ2) is 47.1. The topological polar surface area (TPSA) is 202 Å². The van der Waals surface area contributed by atoms with E-state index in [4.69, 9.17) is 5.11 Å². The van der Waals surface area contributed by atoms with E-state index < -0.39 is 59.8 Å². The van der Waals surface area contributed by atoms with Gasteiger partial charge in [0, 0.05) is 45.0 Å². The van der Waals surface area contributed by atoms with Crippen LogP contribution in [0.4, 0.5) is 10.5 Å². The maximum absolute atomic E-state index is 13.6. The van der Waals surface area contributed by atoms with Crippen LogP contribution in [0.2, 0.25) is 0 Å². The van der Waals surface area contributed by atoms with E-state index >= 15 is 0 Å². The SMILES string of the molecule is CNS(=O)(=O)c1ccc(-c2ccc(C[C@H](NC(=O)[C@H]3CC[C@H](CNC(=O)O)CC3)C(=O)Nc3ccc4c(=O)[nH][nH]c4c3)cc2)c(C)c1.[Pd].c1ccc(P(c2ccccc2)c2ccccc2)cc1.c1ccc(P(c2ccccc2)c2ccccc2)cc1.c1ccc(P(c2ccccc2)c2ccccc2)cc1.c1ccc(P(c2ccccc2)c2ccccc2)cc1. The average molecular weight is 1820 g/mol. The Kier molecular flexibility index (Phi) is 34.7. The van der Waals surface area contributed by atoms with Crippen LogP contribution in [0.3, 0.4) is 0 Å². The van der Waals surface area contributed by atoms with Gasteiger partial charge in [0.25, 0.3) is 5.56 Å². The van der Waals surface area contributed by atoms with Gasteiger partial charge in [-0.3, -0.25) is 24.6 Å². The molecule has 124 heavy (non-hydrogen) atoms. The number of sulfonamides is 1. The largest absolute Gasteiger partial charge is 0.465 e. The van der Waals surface area contributed by atoms with E-state index in [9.17, 15) is 27.6 Å². The quantitative estimate of drug-likeness (QED) is 0.0244. The van der Waals surface area contributed by atoms with Crippen LogP contribution in [-0.2, 0) is 46.5 Å². The molecule has 0 spiro atoms. The van der Waals surface area contributed by atoms with Crippen LogP contribution < -0.4 is 89.9 Å². The average Bonchev–Trinajstić information content (AvgIpc) is 0.866. The number of rotatable bonds is 23. The molecule has 19 heteroatoms. The molecule has 17 rings (SSSR count). The van der Waals surface area contributed by atoms with Crippen LogP contribution in [0.25, 0.3) is 22.0 Å². The van der Waals surface area contributed by atoms with E-state index in [0.29, 0.717) is 48.8 Å². The summed E-state index contributed by atoms with van der Waals surface area (Å²) in [6, 6.07) is 146. The van der Waals surface area contributed by atoms with Gasteiger partial charge >= 0.3 is 6.09 Å². The van der Waals surface area contributed by atoms with Gasteiger partial charge in [0.2, 0.25) is 21.8 Å². The predicted molar refractivity (Wildman–Crippen MR) is 518 cm³/mol. The fourth-order valence-electron chi connectivity index (χ4n) is 14.7. The Balaban J connectivity index is 0.000000152. The van der Waals surface area contributed by atoms with Gasteiger partial charge in [-0.15, -0.1) is 0 Å². The van der Waals surface area contributed by atoms with Gasteiger partial charge in [0.15, 0.2) is 0 Å². The van der Waals surface area contributed by atoms with Gasteiger partial charge < -0.3 is 21.1 Å². The first-order chi connectivity index (χ1) is 60.2. The first-order valence-electron chi connectivity index (χ1n) is 41.0. The van der Waals surface area contributed by atoms with Crippen molar-refractivity contribution in [3.63, 3.8) is 0 Å². The number of carbonyl (C=O) groups excluding carboxylic acids is 2. The molecule has 1 atom stereocenters. The molecule has 1 aromatic heterocycles. The number of aromatic amines is 2. The molecular formula is C105H98N6O7P4PdS. The van der Waals surface area contributed by atoms with Crippen LogP contribution in [0, 0.1) is 18.8 Å². The smallest absolute Gasteiger partial charge is 0.404 e. The number of carbonyl (C=O) groups is 3. The summed E-state index contributed by atoms with van der Waals surface area (Å²) in [6.45, 7) is 2.19. The molecule has 0 saturated heterocycles. The van der Waals surface area contributed by atoms with Crippen molar-refractivity contribution >= 4 is 140 Å². The van der Waals surface area contributed by atoms with Crippen molar-refractivity contribution in [2.24, 2.45) is 11.8 Å². The number of benzene rings is 15. The summed E-state index contributed by atoms with van der Waals surface area (Å²) in [6.07, 6.45) is 1.72. The number of hydrogen-bond donors (Lipinski definition) is 7. The maximum Gasteiger partial charge on any atom is 0.404 e. The van der Waals surface area contributed by atoms with E-state index in [1.165, 1.54) is 70.7 Å². The molecule has 15 aromatic carbocycles. The Hall–Kier alpha value is -11.9. The van der Waals surface area contributed by atoms with Crippen molar-refractivity contribution < 1.29 is 48.3 Å². The van der Waals surface area contributed by atoms with Crippen molar-refractivity contribution in [1.29, 1.82) is 0 Å². The van der Waals surface area contributed by atoms with Crippen LogP contribution in [0.5, 0.6) is 0 Å². The van der Waals surface area contributed by atoms with Crippen molar-refractivity contribution in [2.75, 3.05) is 18.9 Å². The third-order valence-corrected chi connectivity index (χ3v) is 32.1. The maximum atomic E-state index is 13.6. The molecule has 0 bridgehead atoms. The third-order valence-electron chi connectivity index (χ3n) is 20.9. The standard InChI is InChI=1S/C33H38N6O7S.4C18H15P.Pd/c1-19-15-25(47(45,46)34-2)12-14-26(19)22-7-3-20(4-8-22)16-29(32(42)36-24-11-13-27-28(17-24)38-39-31(27)41)37-30(40)23-9-5-21(6-10-23)18-35-33(43)44;4*1-4-10-16(11-5-1)19(17-12-6-2-7-13-17)18-14-8-3-9-15-18;/h3-4,7-8,11-15,17,21,23,29,34-35H,5-6,9-10,16,18H2,1-2H3,(H,36,42)(H,37,40)(H,43,44)(H2,38,39,41);4*1-15H;/t21-,23-,29-;;;;;/m0...../s1. The Labute approximate surface area is 746 Å².